The molecule has 0 aliphatic carbocycles. The minimum absolute atomic E-state index is 0.180. The van der Waals surface area contributed by atoms with Gasteiger partial charge in [0.15, 0.2) is 0 Å². The summed E-state index contributed by atoms with van der Waals surface area (Å²) in [5, 5.41) is 8.82. The fraction of sp³-hybridized carbons (Fsp3) is 0.167. The van der Waals surface area contributed by atoms with E-state index in [0.717, 1.165) is 0 Å². The average Bonchev–Trinajstić information content (AvgIpc) is 2.61. The third kappa shape index (κ3) is 2.18. The summed E-state index contributed by atoms with van der Waals surface area (Å²) in [5.74, 6) is -1.37. The van der Waals surface area contributed by atoms with Crippen LogP contribution >= 0.6 is 0 Å². The maximum Gasteiger partial charge on any atom is 0.309 e. The second kappa shape index (κ2) is 4.37. The van der Waals surface area contributed by atoms with Crippen LogP contribution in [0.2, 0.25) is 0 Å². The molecule has 5 heteroatoms. The molecule has 0 saturated carbocycles. The number of aromatic nitrogens is 2. The number of carboxylic acids is 1. The highest BCUT2D eigenvalue weighted by Crippen LogP contribution is 2.17. The Balaban J connectivity index is 2.53. The summed E-state index contributed by atoms with van der Waals surface area (Å²) in [6.45, 7) is 1.70. The van der Waals surface area contributed by atoms with Crippen molar-refractivity contribution >= 4 is 5.97 Å². The van der Waals surface area contributed by atoms with Crippen molar-refractivity contribution in [1.82, 2.24) is 9.55 Å². The molecular formula is C12H11FN2O2. The number of benzene rings is 1. The van der Waals surface area contributed by atoms with Crippen LogP contribution in [0.15, 0.2) is 30.6 Å². The van der Waals surface area contributed by atoms with Crippen molar-refractivity contribution in [2.45, 2.75) is 13.3 Å². The highest BCUT2D eigenvalue weighted by atomic mass is 19.1. The lowest BCUT2D eigenvalue weighted by molar-refractivity contribution is -0.136. The molecule has 4 nitrogen and oxygen atoms in total. The number of aliphatic carboxylic acids is 1. The molecule has 0 atom stereocenters. The molecule has 0 unspecified atom stereocenters. The van der Waals surface area contributed by atoms with Gasteiger partial charge in [0, 0.05) is 0 Å². The molecular weight excluding hydrogens is 223 g/mol. The van der Waals surface area contributed by atoms with Crippen LogP contribution < -0.4 is 0 Å². The minimum Gasteiger partial charge on any atom is -0.481 e. The Labute approximate surface area is 97.3 Å². The number of hydrogen-bond acceptors (Lipinski definition) is 2. The van der Waals surface area contributed by atoms with Crippen molar-refractivity contribution in [3.05, 3.63) is 47.8 Å². The number of halogens is 1. The molecule has 0 spiro atoms. The molecule has 1 aromatic heterocycles. The maximum atomic E-state index is 13.6. The van der Waals surface area contributed by atoms with E-state index in [1.165, 1.54) is 17.0 Å². The fourth-order valence-corrected chi connectivity index (χ4v) is 1.67. The molecule has 0 saturated heterocycles. The van der Waals surface area contributed by atoms with Crippen molar-refractivity contribution < 1.29 is 14.3 Å². The molecule has 0 aliphatic rings. The Hall–Kier alpha value is -2.17. The van der Waals surface area contributed by atoms with Crippen LogP contribution in [0.1, 0.15) is 11.4 Å². The molecule has 0 fully saturated rings. The van der Waals surface area contributed by atoms with Gasteiger partial charge in [0.1, 0.15) is 5.82 Å². The first-order chi connectivity index (χ1) is 8.09. The minimum atomic E-state index is -0.966. The summed E-state index contributed by atoms with van der Waals surface area (Å²) in [5.41, 5.74) is 1.39. The largest absolute Gasteiger partial charge is 0.481 e. The van der Waals surface area contributed by atoms with E-state index in [9.17, 15) is 9.18 Å². The summed E-state index contributed by atoms with van der Waals surface area (Å²) < 4.78 is 15.1. The number of aryl methyl sites for hydroxylation is 1. The van der Waals surface area contributed by atoms with Crippen LogP contribution in [-0.2, 0) is 11.2 Å². The van der Waals surface area contributed by atoms with Crippen LogP contribution in [0.5, 0.6) is 0 Å². The zero-order valence-corrected chi connectivity index (χ0v) is 9.22. The third-order valence-electron chi connectivity index (χ3n) is 2.51. The predicted octanol–water partition coefficient (Wildman–Crippen LogP) is 1.95. The van der Waals surface area contributed by atoms with Crippen LogP contribution in [0.25, 0.3) is 5.69 Å². The van der Waals surface area contributed by atoms with Gasteiger partial charge in [0.05, 0.1) is 29.8 Å². The Morgan fingerprint density at radius 3 is 2.82 bits per heavy atom. The third-order valence-corrected chi connectivity index (χ3v) is 2.51. The van der Waals surface area contributed by atoms with E-state index in [0.29, 0.717) is 17.1 Å². The van der Waals surface area contributed by atoms with Crippen molar-refractivity contribution in [2.24, 2.45) is 0 Å². The molecule has 0 radical (unpaired) electrons. The van der Waals surface area contributed by atoms with E-state index < -0.39 is 11.8 Å². The maximum absolute atomic E-state index is 13.6. The number of carbonyl (C=O) groups is 1. The van der Waals surface area contributed by atoms with E-state index >= 15 is 0 Å². The fourth-order valence-electron chi connectivity index (χ4n) is 1.67. The first kappa shape index (κ1) is 11.3. The molecule has 1 N–H and O–H groups in total. The van der Waals surface area contributed by atoms with E-state index in [2.05, 4.69) is 4.98 Å². The van der Waals surface area contributed by atoms with Gasteiger partial charge in [0.2, 0.25) is 0 Å². The van der Waals surface area contributed by atoms with Gasteiger partial charge in [-0.05, 0) is 19.1 Å². The molecule has 0 bridgehead atoms. The predicted molar refractivity (Wildman–Crippen MR) is 59.6 cm³/mol. The quantitative estimate of drug-likeness (QED) is 0.883. The van der Waals surface area contributed by atoms with Crippen LogP contribution in [0.3, 0.4) is 0 Å². The van der Waals surface area contributed by atoms with Gasteiger partial charge in [-0.1, -0.05) is 12.1 Å². The highest BCUT2D eigenvalue weighted by Gasteiger charge is 2.14. The molecule has 0 amide bonds. The van der Waals surface area contributed by atoms with Crippen LogP contribution in [-0.4, -0.2) is 20.6 Å². The number of hydrogen-bond donors (Lipinski definition) is 1. The summed E-state index contributed by atoms with van der Waals surface area (Å²) >= 11 is 0. The number of para-hydroxylation sites is 1. The standard InChI is InChI=1S/C12H11FN2O2/c1-8-11(6-12(16)17)15(7-14-8)10-5-3-2-4-9(10)13/h2-5,7H,6H2,1H3,(H,16,17). The van der Waals surface area contributed by atoms with Crippen molar-refractivity contribution in [2.75, 3.05) is 0 Å². The van der Waals surface area contributed by atoms with E-state index in [1.807, 2.05) is 0 Å². The number of rotatable bonds is 3. The Kier molecular flexibility index (Phi) is 2.91. The summed E-state index contributed by atoms with van der Waals surface area (Å²) in [6.07, 6.45) is 1.26. The smallest absolute Gasteiger partial charge is 0.309 e. The van der Waals surface area contributed by atoms with Gasteiger partial charge >= 0.3 is 5.97 Å². The van der Waals surface area contributed by atoms with Crippen molar-refractivity contribution in [3.63, 3.8) is 0 Å². The molecule has 1 aromatic carbocycles. The molecule has 2 aromatic rings. The van der Waals surface area contributed by atoms with E-state index in [-0.39, 0.29) is 6.42 Å². The SMILES string of the molecule is Cc1ncn(-c2ccccc2F)c1CC(=O)O. The van der Waals surface area contributed by atoms with Gasteiger partial charge in [-0.15, -0.1) is 0 Å². The van der Waals surface area contributed by atoms with Gasteiger partial charge in [0.25, 0.3) is 0 Å². The average molecular weight is 234 g/mol. The number of imidazole rings is 1. The second-order valence-corrected chi connectivity index (χ2v) is 3.67. The van der Waals surface area contributed by atoms with Crippen LogP contribution in [0.4, 0.5) is 4.39 Å². The molecule has 1 heterocycles. The summed E-state index contributed by atoms with van der Waals surface area (Å²) in [7, 11) is 0. The van der Waals surface area contributed by atoms with Crippen molar-refractivity contribution in [1.29, 1.82) is 0 Å². The Morgan fingerprint density at radius 2 is 2.18 bits per heavy atom. The lowest BCUT2D eigenvalue weighted by Crippen LogP contribution is -2.08. The van der Waals surface area contributed by atoms with Gasteiger partial charge in [-0.25, -0.2) is 9.37 Å². The molecule has 2 rings (SSSR count). The second-order valence-electron chi connectivity index (χ2n) is 3.67. The molecule has 88 valence electrons. The monoisotopic (exact) mass is 234 g/mol. The van der Waals surface area contributed by atoms with Crippen LogP contribution in [0, 0.1) is 12.7 Å². The Bertz CT molecular complexity index is 563. The highest BCUT2D eigenvalue weighted by molar-refractivity contribution is 5.70. The molecule has 0 aliphatic heterocycles. The normalized spacial score (nSPS) is 10.5. The zero-order valence-electron chi connectivity index (χ0n) is 9.22. The summed E-state index contributed by atoms with van der Waals surface area (Å²) in [4.78, 5) is 14.8. The van der Waals surface area contributed by atoms with Gasteiger partial charge < -0.3 is 5.11 Å². The molecule has 17 heavy (non-hydrogen) atoms. The van der Waals surface area contributed by atoms with Gasteiger partial charge in [-0.2, -0.15) is 0 Å². The lowest BCUT2D eigenvalue weighted by Gasteiger charge is -2.08. The first-order valence-electron chi connectivity index (χ1n) is 5.09. The first-order valence-corrected chi connectivity index (χ1v) is 5.09. The lowest BCUT2D eigenvalue weighted by atomic mass is 10.2. The topological polar surface area (TPSA) is 55.1 Å². The zero-order chi connectivity index (χ0) is 12.4. The van der Waals surface area contributed by atoms with E-state index in [1.54, 1.807) is 25.1 Å². The number of carboxylic acid groups (broad SMARTS) is 1. The number of nitrogens with zero attached hydrogens (tertiary/aromatic N) is 2. The van der Waals surface area contributed by atoms with Crippen molar-refractivity contribution in [3.8, 4) is 5.69 Å². The van der Waals surface area contributed by atoms with E-state index in [4.69, 9.17) is 5.11 Å². The summed E-state index contributed by atoms with van der Waals surface area (Å²) in [6, 6.07) is 6.19. The Morgan fingerprint density at radius 1 is 1.47 bits per heavy atom. The van der Waals surface area contributed by atoms with Gasteiger partial charge in [-0.3, -0.25) is 9.36 Å².